The van der Waals surface area contributed by atoms with Crippen molar-refractivity contribution in [2.75, 3.05) is 0 Å². The number of nitrogens with zero attached hydrogens (tertiary/aromatic N) is 1. The van der Waals surface area contributed by atoms with Gasteiger partial charge < -0.3 is 10.5 Å². The summed E-state index contributed by atoms with van der Waals surface area (Å²) in [7, 11) is 0. The number of ether oxygens (including phenoxy) is 1. The molecule has 0 bridgehead atoms. The number of rotatable bonds is 4. The van der Waals surface area contributed by atoms with Crippen LogP contribution in [0, 0.1) is 10.1 Å². The van der Waals surface area contributed by atoms with Crippen molar-refractivity contribution in [1.82, 2.24) is 0 Å². The van der Waals surface area contributed by atoms with Crippen LogP contribution in [0.4, 0.5) is 5.69 Å². The van der Waals surface area contributed by atoms with Gasteiger partial charge in [0.2, 0.25) is 5.75 Å². The molecule has 2 aromatic carbocycles. The molecule has 0 fully saturated rings. The number of hydrogen-bond donors (Lipinski definition) is 1. The number of carbonyl (C=O) groups is 1. The fourth-order valence-corrected chi connectivity index (χ4v) is 1.72. The first-order valence-corrected chi connectivity index (χ1v) is 5.87. The van der Waals surface area contributed by atoms with Crippen molar-refractivity contribution in [2.45, 2.75) is 0 Å². The number of halogens is 1. The number of nitro benzene ring substituents is 1. The van der Waals surface area contributed by atoms with Crippen LogP contribution >= 0.6 is 11.6 Å². The first kappa shape index (κ1) is 13.8. The Morgan fingerprint density at radius 2 is 1.85 bits per heavy atom. The van der Waals surface area contributed by atoms with Crippen molar-refractivity contribution < 1.29 is 14.5 Å². The van der Waals surface area contributed by atoms with Crippen molar-refractivity contribution in [3.8, 4) is 11.5 Å². The van der Waals surface area contributed by atoms with Crippen LogP contribution in [-0.4, -0.2) is 10.8 Å². The van der Waals surface area contributed by atoms with Gasteiger partial charge in [-0.3, -0.25) is 14.9 Å². The zero-order valence-corrected chi connectivity index (χ0v) is 10.8. The molecule has 0 spiro atoms. The number of nitro groups is 1. The third kappa shape index (κ3) is 2.86. The fourth-order valence-electron chi connectivity index (χ4n) is 1.59. The van der Waals surface area contributed by atoms with Crippen LogP contribution in [-0.2, 0) is 0 Å². The molecule has 1 amide bonds. The molecular weight excluding hydrogens is 284 g/mol. The Bertz CT molecular complexity index is 638. The topological polar surface area (TPSA) is 95.5 Å². The van der Waals surface area contributed by atoms with Crippen molar-refractivity contribution in [3.05, 3.63) is 63.2 Å². The molecule has 7 heteroatoms. The molecule has 20 heavy (non-hydrogen) atoms. The highest BCUT2D eigenvalue weighted by Crippen LogP contribution is 2.34. The van der Waals surface area contributed by atoms with Crippen molar-refractivity contribution >= 4 is 23.2 Å². The normalized spacial score (nSPS) is 10.1. The molecule has 2 rings (SSSR count). The Morgan fingerprint density at radius 3 is 2.40 bits per heavy atom. The number of benzene rings is 2. The molecule has 6 nitrogen and oxygen atoms in total. The van der Waals surface area contributed by atoms with Gasteiger partial charge in [0.1, 0.15) is 5.75 Å². The van der Waals surface area contributed by atoms with Gasteiger partial charge in [0.05, 0.1) is 10.5 Å². The minimum absolute atomic E-state index is 0.0610. The van der Waals surface area contributed by atoms with E-state index in [1.165, 1.54) is 30.3 Å². The molecule has 0 aliphatic carbocycles. The van der Waals surface area contributed by atoms with E-state index in [0.29, 0.717) is 10.8 Å². The standard InChI is InChI=1S/C13H9ClN2O4/c14-8-4-6-9(7-5-8)20-12-10(13(15)17)2-1-3-11(12)16(18)19/h1-7H,(H2,15,17). The smallest absolute Gasteiger partial charge is 0.312 e. The molecule has 2 N–H and O–H groups in total. The molecule has 0 aliphatic rings. The summed E-state index contributed by atoms with van der Waals surface area (Å²) in [5.74, 6) is -0.684. The lowest BCUT2D eigenvalue weighted by molar-refractivity contribution is -0.385. The Labute approximate surface area is 118 Å². The van der Waals surface area contributed by atoms with Gasteiger partial charge >= 0.3 is 5.69 Å². The first-order valence-electron chi connectivity index (χ1n) is 5.49. The maximum atomic E-state index is 11.3. The maximum absolute atomic E-state index is 11.3. The molecule has 102 valence electrons. The van der Waals surface area contributed by atoms with E-state index in [4.69, 9.17) is 22.1 Å². The van der Waals surface area contributed by atoms with Crippen LogP contribution < -0.4 is 10.5 Å². The average molecular weight is 293 g/mol. The third-order valence-corrected chi connectivity index (χ3v) is 2.74. The number of para-hydroxylation sites is 1. The van der Waals surface area contributed by atoms with E-state index in [9.17, 15) is 14.9 Å². The monoisotopic (exact) mass is 292 g/mol. The van der Waals surface area contributed by atoms with Crippen LogP contribution in [0.1, 0.15) is 10.4 Å². The largest absolute Gasteiger partial charge is 0.449 e. The van der Waals surface area contributed by atoms with E-state index in [0.717, 1.165) is 0 Å². The van der Waals surface area contributed by atoms with E-state index >= 15 is 0 Å². The quantitative estimate of drug-likeness (QED) is 0.691. The summed E-state index contributed by atoms with van der Waals surface area (Å²) >= 11 is 5.74. The lowest BCUT2D eigenvalue weighted by atomic mass is 10.1. The van der Waals surface area contributed by atoms with E-state index < -0.39 is 10.8 Å². The maximum Gasteiger partial charge on any atom is 0.312 e. The summed E-state index contributed by atoms with van der Waals surface area (Å²) in [5.41, 5.74) is 4.80. The Kier molecular flexibility index (Phi) is 3.86. The summed E-state index contributed by atoms with van der Waals surface area (Å²) in [5, 5.41) is 11.5. The highest BCUT2D eigenvalue weighted by molar-refractivity contribution is 6.30. The molecule has 0 atom stereocenters. The van der Waals surface area contributed by atoms with E-state index in [1.807, 2.05) is 0 Å². The van der Waals surface area contributed by atoms with Gasteiger partial charge in [0.15, 0.2) is 0 Å². The van der Waals surface area contributed by atoms with E-state index in [-0.39, 0.29) is 17.0 Å². The van der Waals surface area contributed by atoms with Crippen LogP contribution in [0.2, 0.25) is 5.02 Å². The summed E-state index contributed by atoms with van der Waals surface area (Å²) in [6, 6.07) is 10.2. The summed E-state index contributed by atoms with van der Waals surface area (Å²) < 4.78 is 5.42. The minimum atomic E-state index is -0.808. The zero-order chi connectivity index (χ0) is 14.7. The van der Waals surface area contributed by atoms with Crippen molar-refractivity contribution in [2.24, 2.45) is 5.73 Å². The lowest BCUT2D eigenvalue weighted by Gasteiger charge is -2.09. The van der Waals surface area contributed by atoms with Crippen LogP contribution in [0.5, 0.6) is 11.5 Å². The van der Waals surface area contributed by atoms with Crippen molar-refractivity contribution in [3.63, 3.8) is 0 Å². The molecule has 0 aromatic heterocycles. The van der Waals surface area contributed by atoms with Gasteiger partial charge in [-0.1, -0.05) is 17.7 Å². The predicted molar refractivity (Wildman–Crippen MR) is 73.1 cm³/mol. The highest BCUT2D eigenvalue weighted by atomic mass is 35.5. The highest BCUT2D eigenvalue weighted by Gasteiger charge is 2.22. The van der Waals surface area contributed by atoms with Gasteiger partial charge in [-0.25, -0.2) is 0 Å². The second-order valence-corrected chi connectivity index (χ2v) is 4.27. The lowest BCUT2D eigenvalue weighted by Crippen LogP contribution is -2.13. The molecule has 0 radical (unpaired) electrons. The number of nitrogens with two attached hydrogens (primary N) is 1. The molecular formula is C13H9ClN2O4. The van der Waals surface area contributed by atoms with Crippen LogP contribution in [0.15, 0.2) is 42.5 Å². The summed E-state index contributed by atoms with van der Waals surface area (Å²) in [4.78, 5) is 21.7. The number of amides is 1. The van der Waals surface area contributed by atoms with Crippen LogP contribution in [0.3, 0.4) is 0 Å². The number of primary amides is 1. The van der Waals surface area contributed by atoms with Gasteiger partial charge in [0, 0.05) is 11.1 Å². The Balaban J connectivity index is 2.50. The van der Waals surface area contributed by atoms with E-state index in [2.05, 4.69) is 0 Å². The van der Waals surface area contributed by atoms with Gasteiger partial charge in [-0.15, -0.1) is 0 Å². The van der Waals surface area contributed by atoms with Gasteiger partial charge in [-0.05, 0) is 30.3 Å². The number of carbonyl (C=O) groups excluding carboxylic acids is 1. The molecule has 2 aromatic rings. The molecule has 0 aliphatic heterocycles. The Morgan fingerprint density at radius 1 is 1.20 bits per heavy atom. The first-order chi connectivity index (χ1) is 9.49. The predicted octanol–water partition coefficient (Wildman–Crippen LogP) is 3.14. The summed E-state index contributed by atoms with van der Waals surface area (Å²) in [6.07, 6.45) is 0. The van der Waals surface area contributed by atoms with Crippen LogP contribution in [0.25, 0.3) is 0 Å². The zero-order valence-electron chi connectivity index (χ0n) is 10.1. The average Bonchev–Trinajstić information content (AvgIpc) is 2.41. The molecule has 0 saturated heterocycles. The molecule has 0 heterocycles. The summed E-state index contributed by atoms with van der Waals surface area (Å²) in [6.45, 7) is 0. The second kappa shape index (κ2) is 5.58. The SMILES string of the molecule is NC(=O)c1cccc([N+](=O)[O-])c1Oc1ccc(Cl)cc1. The number of hydrogen-bond acceptors (Lipinski definition) is 4. The fraction of sp³-hybridized carbons (Fsp3) is 0. The minimum Gasteiger partial charge on any atom is -0.449 e. The van der Waals surface area contributed by atoms with Crippen molar-refractivity contribution in [1.29, 1.82) is 0 Å². The third-order valence-electron chi connectivity index (χ3n) is 2.49. The van der Waals surface area contributed by atoms with Gasteiger partial charge in [0.25, 0.3) is 5.91 Å². The molecule has 0 saturated carbocycles. The van der Waals surface area contributed by atoms with E-state index in [1.54, 1.807) is 12.1 Å². The second-order valence-electron chi connectivity index (χ2n) is 3.83. The Hall–Kier alpha value is -2.60. The molecule has 0 unspecified atom stereocenters. The van der Waals surface area contributed by atoms with Gasteiger partial charge in [-0.2, -0.15) is 0 Å².